The zero-order valence-electron chi connectivity index (χ0n) is 10.9. The first-order chi connectivity index (χ1) is 9.29. The van der Waals surface area contributed by atoms with Gasteiger partial charge in [-0.3, -0.25) is 0 Å². The molecule has 0 aliphatic heterocycles. The Labute approximate surface area is 113 Å². The van der Waals surface area contributed by atoms with Crippen LogP contribution in [0.3, 0.4) is 0 Å². The molecule has 3 rings (SSSR count). The first-order valence-electron chi connectivity index (χ1n) is 6.13. The number of hydrogen-bond donors (Lipinski definition) is 1. The van der Waals surface area contributed by atoms with Crippen LogP contribution in [0.5, 0.6) is 5.75 Å². The molecule has 0 fully saturated rings. The number of nitrogen functional groups attached to an aromatic ring is 1. The molecule has 0 radical (unpaired) electrons. The summed E-state index contributed by atoms with van der Waals surface area (Å²) in [6, 6.07) is 23.8. The van der Waals surface area contributed by atoms with E-state index < -0.39 is 0 Å². The summed E-state index contributed by atoms with van der Waals surface area (Å²) in [5.74, 6) is 0.910. The van der Waals surface area contributed by atoms with Crippen molar-refractivity contribution in [2.24, 2.45) is 0 Å². The van der Waals surface area contributed by atoms with Crippen molar-refractivity contribution in [3.05, 3.63) is 72.8 Å². The lowest BCUT2D eigenvalue weighted by Crippen LogP contribution is -1.82. The lowest BCUT2D eigenvalue weighted by molar-refractivity contribution is 0.415. The summed E-state index contributed by atoms with van der Waals surface area (Å²) in [7, 11) is 1.66. The van der Waals surface area contributed by atoms with Gasteiger partial charge in [0.05, 0.1) is 7.11 Å². The quantitative estimate of drug-likeness (QED) is 0.660. The molecule has 3 aromatic rings. The van der Waals surface area contributed by atoms with Gasteiger partial charge in [-0.05, 0) is 35.0 Å². The Bertz CT molecular complexity index is 635. The summed E-state index contributed by atoms with van der Waals surface area (Å²) in [4.78, 5) is 0. The number of ether oxygens (including phenoxy) is 1. The summed E-state index contributed by atoms with van der Waals surface area (Å²) in [6.45, 7) is 0. The maximum atomic E-state index is 5.62. The van der Waals surface area contributed by atoms with Gasteiger partial charge in [0.2, 0.25) is 0 Å². The fourth-order valence-electron chi connectivity index (χ4n) is 1.76. The van der Waals surface area contributed by atoms with Crippen molar-refractivity contribution in [2.75, 3.05) is 12.8 Å². The fourth-order valence-corrected chi connectivity index (χ4v) is 1.76. The molecule has 0 saturated carbocycles. The van der Waals surface area contributed by atoms with Gasteiger partial charge >= 0.3 is 0 Å². The van der Waals surface area contributed by atoms with Crippen LogP contribution < -0.4 is 10.5 Å². The number of fused-ring (bicyclic) bond motifs is 1. The van der Waals surface area contributed by atoms with Crippen LogP contribution in [0.25, 0.3) is 10.8 Å². The zero-order valence-corrected chi connectivity index (χ0v) is 10.9. The van der Waals surface area contributed by atoms with Crippen LogP contribution in [0.4, 0.5) is 5.69 Å². The van der Waals surface area contributed by atoms with Gasteiger partial charge in [-0.1, -0.05) is 48.5 Å². The number of hydrogen-bond acceptors (Lipinski definition) is 2. The summed E-state index contributed by atoms with van der Waals surface area (Å²) in [5, 5.41) is 2.44. The van der Waals surface area contributed by atoms with Crippen LogP contribution >= 0.6 is 0 Å². The van der Waals surface area contributed by atoms with Crippen molar-refractivity contribution >= 4 is 16.5 Å². The van der Waals surface area contributed by atoms with Crippen LogP contribution in [0.1, 0.15) is 0 Å². The van der Waals surface area contributed by atoms with E-state index in [0.717, 1.165) is 11.4 Å². The second kappa shape index (κ2) is 6.45. The van der Waals surface area contributed by atoms with E-state index in [0.29, 0.717) is 0 Å². The standard InChI is InChI=1S/C10H9N.C7H8O/c11-10-6-5-8-3-1-2-4-9(8)7-10;1-8-7-5-3-2-4-6-7/h1-7H,11H2;2-6H,1H3. The second-order valence-electron chi connectivity index (χ2n) is 4.12. The molecule has 0 saturated heterocycles. The van der Waals surface area contributed by atoms with Crippen LogP contribution in [0, 0.1) is 0 Å². The number of para-hydroxylation sites is 1. The topological polar surface area (TPSA) is 35.2 Å². The Hall–Kier alpha value is -2.48. The SMILES string of the molecule is COc1ccccc1.Nc1ccc2ccccc2c1. The van der Waals surface area contributed by atoms with E-state index in [9.17, 15) is 0 Å². The molecular formula is C17H17NO. The van der Waals surface area contributed by atoms with Gasteiger partial charge in [0.25, 0.3) is 0 Å². The van der Waals surface area contributed by atoms with Gasteiger partial charge in [-0.15, -0.1) is 0 Å². The average molecular weight is 251 g/mol. The number of methoxy groups -OCH3 is 1. The molecule has 2 N–H and O–H groups in total. The molecule has 0 bridgehead atoms. The highest BCUT2D eigenvalue weighted by Crippen LogP contribution is 2.16. The lowest BCUT2D eigenvalue weighted by atomic mass is 10.1. The van der Waals surface area contributed by atoms with Crippen molar-refractivity contribution in [1.82, 2.24) is 0 Å². The Morgan fingerprint density at radius 2 is 1.37 bits per heavy atom. The van der Waals surface area contributed by atoms with Crippen molar-refractivity contribution in [2.45, 2.75) is 0 Å². The van der Waals surface area contributed by atoms with E-state index in [4.69, 9.17) is 10.5 Å². The Balaban J connectivity index is 0.000000148. The minimum atomic E-state index is 0.823. The van der Waals surface area contributed by atoms with Crippen LogP contribution in [-0.2, 0) is 0 Å². The van der Waals surface area contributed by atoms with E-state index in [1.54, 1.807) is 7.11 Å². The monoisotopic (exact) mass is 251 g/mol. The van der Waals surface area contributed by atoms with Crippen LogP contribution in [-0.4, -0.2) is 7.11 Å². The van der Waals surface area contributed by atoms with Crippen molar-refractivity contribution in [1.29, 1.82) is 0 Å². The van der Waals surface area contributed by atoms with Crippen molar-refractivity contribution < 1.29 is 4.74 Å². The molecule has 0 spiro atoms. The van der Waals surface area contributed by atoms with E-state index >= 15 is 0 Å². The zero-order chi connectivity index (χ0) is 13.5. The third-order valence-electron chi connectivity index (χ3n) is 2.75. The second-order valence-corrected chi connectivity index (χ2v) is 4.12. The predicted octanol–water partition coefficient (Wildman–Crippen LogP) is 4.12. The Morgan fingerprint density at radius 1 is 0.737 bits per heavy atom. The summed E-state index contributed by atoms with van der Waals surface area (Å²) in [5.41, 5.74) is 6.45. The van der Waals surface area contributed by atoms with E-state index in [1.807, 2.05) is 60.7 Å². The van der Waals surface area contributed by atoms with Gasteiger partial charge in [-0.2, -0.15) is 0 Å². The highest BCUT2D eigenvalue weighted by molar-refractivity contribution is 5.85. The average Bonchev–Trinajstić information content (AvgIpc) is 2.48. The summed E-state index contributed by atoms with van der Waals surface area (Å²) < 4.78 is 4.91. The van der Waals surface area contributed by atoms with Gasteiger partial charge in [0.1, 0.15) is 5.75 Å². The molecule has 0 aromatic heterocycles. The molecule has 0 heterocycles. The molecule has 3 aromatic carbocycles. The van der Waals surface area contributed by atoms with Crippen LogP contribution in [0.15, 0.2) is 72.8 Å². The van der Waals surface area contributed by atoms with Crippen molar-refractivity contribution in [3.63, 3.8) is 0 Å². The third-order valence-corrected chi connectivity index (χ3v) is 2.75. The molecule has 96 valence electrons. The molecule has 2 heteroatoms. The maximum Gasteiger partial charge on any atom is 0.118 e. The first kappa shape index (κ1) is 13.0. The fraction of sp³-hybridized carbons (Fsp3) is 0.0588. The first-order valence-corrected chi connectivity index (χ1v) is 6.13. The largest absolute Gasteiger partial charge is 0.497 e. The summed E-state index contributed by atoms with van der Waals surface area (Å²) in [6.07, 6.45) is 0. The minimum Gasteiger partial charge on any atom is -0.497 e. The van der Waals surface area contributed by atoms with Gasteiger partial charge in [0, 0.05) is 5.69 Å². The number of rotatable bonds is 1. The summed E-state index contributed by atoms with van der Waals surface area (Å²) >= 11 is 0. The molecule has 0 aliphatic carbocycles. The molecule has 19 heavy (non-hydrogen) atoms. The molecule has 0 atom stereocenters. The van der Waals surface area contributed by atoms with Gasteiger partial charge in [0.15, 0.2) is 0 Å². The highest BCUT2D eigenvalue weighted by atomic mass is 16.5. The maximum absolute atomic E-state index is 5.62. The smallest absolute Gasteiger partial charge is 0.118 e. The van der Waals surface area contributed by atoms with Crippen LogP contribution in [0.2, 0.25) is 0 Å². The number of benzene rings is 3. The predicted molar refractivity (Wildman–Crippen MR) is 81.4 cm³/mol. The number of anilines is 1. The Kier molecular flexibility index (Phi) is 4.40. The number of nitrogens with two attached hydrogens (primary N) is 1. The minimum absolute atomic E-state index is 0.823. The normalized spacial score (nSPS) is 9.53. The van der Waals surface area contributed by atoms with Gasteiger partial charge in [-0.25, -0.2) is 0 Å². The molecule has 2 nitrogen and oxygen atoms in total. The van der Waals surface area contributed by atoms with E-state index in [1.165, 1.54) is 10.8 Å². The Morgan fingerprint density at radius 3 is 2.00 bits per heavy atom. The van der Waals surface area contributed by atoms with Gasteiger partial charge < -0.3 is 10.5 Å². The molecule has 0 aliphatic rings. The van der Waals surface area contributed by atoms with E-state index in [-0.39, 0.29) is 0 Å². The molecular weight excluding hydrogens is 234 g/mol. The molecule has 0 amide bonds. The van der Waals surface area contributed by atoms with E-state index in [2.05, 4.69) is 12.1 Å². The third kappa shape index (κ3) is 3.75. The highest BCUT2D eigenvalue weighted by Gasteiger charge is 1.89. The molecule has 0 unspecified atom stereocenters. The lowest BCUT2D eigenvalue weighted by Gasteiger charge is -1.96. The van der Waals surface area contributed by atoms with Crippen molar-refractivity contribution in [3.8, 4) is 5.75 Å².